The van der Waals surface area contributed by atoms with Crippen molar-refractivity contribution in [1.29, 1.82) is 0 Å². The Morgan fingerprint density at radius 1 is 1.55 bits per heavy atom. The summed E-state index contributed by atoms with van der Waals surface area (Å²) < 4.78 is 25.8. The van der Waals surface area contributed by atoms with Crippen LogP contribution in [-0.4, -0.2) is 26.8 Å². The molecule has 0 unspecified atom stereocenters. The van der Waals surface area contributed by atoms with Crippen molar-refractivity contribution in [3.8, 4) is 0 Å². The normalized spacial score (nSPS) is 17.8. The van der Waals surface area contributed by atoms with Crippen LogP contribution in [0, 0.1) is 0 Å². The van der Waals surface area contributed by atoms with Gasteiger partial charge in [0.2, 0.25) is 0 Å². The Bertz CT molecular complexity index is 200. The minimum absolute atomic E-state index is 0.218. The summed E-state index contributed by atoms with van der Waals surface area (Å²) in [6, 6.07) is -0.218. The SMILES string of the molecule is CC[C@@H](N)[C@@H](C)OS(C)(=O)=O. The molecule has 11 heavy (non-hydrogen) atoms. The zero-order valence-electron chi connectivity index (χ0n) is 7.07. The third kappa shape index (κ3) is 5.17. The van der Waals surface area contributed by atoms with Crippen LogP contribution in [0.5, 0.6) is 0 Å². The Balaban J connectivity index is 3.98. The molecule has 0 saturated carbocycles. The zero-order chi connectivity index (χ0) is 9.07. The van der Waals surface area contributed by atoms with E-state index in [1.54, 1.807) is 6.92 Å². The fourth-order valence-corrected chi connectivity index (χ4v) is 1.37. The summed E-state index contributed by atoms with van der Waals surface area (Å²) in [6.07, 6.45) is 1.29. The molecule has 68 valence electrons. The van der Waals surface area contributed by atoms with Crippen molar-refractivity contribution in [3.05, 3.63) is 0 Å². The van der Waals surface area contributed by atoms with Crippen LogP contribution in [0.4, 0.5) is 0 Å². The average Bonchev–Trinajstić information content (AvgIpc) is 1.82. The van der Waals surface area contributed by atoms with Gasteiger partial charge < -0.3 is 5.73 Å². The summed E-state index contributed by atoms with van der Waals surface area (Å²) in [7, 11) is -3.36. The zero-order valence-corrected chi connectivity index (χ0v) is 7.89. The molecule has 0 aliphatic carbocycles. The van der Waals surface area contributed by atoms with E-state index >= 15 is 0 Å². The van der Waals surface area contributed by atoms with E-state index in [4.69, 9.17) is 5.73 Å². The van der Waals surface area contributed by atoms with Crippen molar-refractivity contribution in [3.63, 3.8) is 0 Å². The first-order chi connectivity index (χ1) is 4.87. The van der Waals surface area contributed by atoms with Crippen LogP contribution in [0.2, 0.25) is 0 Å². The van der Waals surface area contributed by atoms with E-state index < -0.39 is 16.2 Å². The molecule has 0 fully saturated rings. The van der Waals surface area contributed by atoms with E-state index in [1.165, 1.54) is 0 Å². The molecule has 4 nitrogen and oxygen atoms in total. The summed E-state index contributed by atoms with van der Waals surface area (Å²) >= 11 is 0. The molecule has 0 amide bonds. The van der Waals surface area contributed by atoms with Gasteiger partial charge in [0.1, 0.15) is 0 Å². The van der Waals surface area contributed by atoms with Crippen LogP contribution in [0.3, 0.4) is 0 Å². The highest BCUT2D eigenvalue weighted by atomic mass is 32.2. The van der Waals surface area contributed by atoms with Crippen molar-refractivity contribution in [2.24, 2.45) is 5.73 Å². The number of nitrogens with two attached hydrogens (primary N) is 1. The van der Waals surface area contributed by atoms with Crippen LogP contribution >= 0.6 is 0 Å². The Hall–Kier alpha value is -0.130. The smallest absolute Gasteiger partial charge is 0.264 e. The first-order valence-electron chi connectivity index (χ1n) is 3.50. The van der Waals surface area contributed by atoms with Crippen molar-refractivity contribution < 1.29 is 12.6 Å². The van der Waals surface area contributed by atoms with Gasteiger partial charge in [0, 0.05) is 6.04 Å². The van der Waals surface area contributed by atoms with Gasteiger partial charge in [-0.3, -0.25) is 4.18 Å². The topological polar surface area (TPSA) is 69.4 Å². The van der Waals surface area contributed by atoms with Crippen LogP contribution in [0.1, 0.15) is 20.3 Å². The molecular formula is C6H15NO3S. The standard InChI is InChI=1S/C6H15NO3S/c1-4-6(7)5(2)10-11(3,8)9/h5-6H,4,7H2,1-3H3/t5-,6-/m1/s1. The van der Waals surface area contributed by atoms with Gasteiger partial charge in [-0.05, 0) is 13.3 Å². The molecule has 0 rings (SSSR count). The summed E-state index contributed by atoms with van der Waals surface area (Å²) in [5, 5.41) is 0. The van der Waals surface area contributed by atoms with Gasteiger partial charge >= 0.3 is 0 Å². The molecule has 0 aromatic carbocycles. The molecule has 0 saturated heterocycles. The van der Waals surface area contributed by atoms with E-state index in [0.29, 0.717) is 6.42 Å². The van der Waals surface area contributed by atoms with E-state index in [1.807, 2.05) is 6.92 Å². The molecule has 0 heterocycles. The highest BCUT2D eigenvalue weighted by Crippen LogP contribution is 2.03. The van der Waals surface area contributed by atoms with Crippen LogP contribution in [0.25, 0.3) is 0 Å². The molecule has 0 aromatic rings. The second-order valence-electron chi connectivity index (χ2n) is 2.58. The quantitative estimate of drug-likeness (QED) is 0.624. The second kappa shape index (κ2) is 4.04. The molecule has 2 N–H and O–H groups in total. The maximum atomic E-state index is 10.6. The number of hydrogen-bond donors (Lipinski definition) is 1. The van der Waals surface area contributed by atoms with E-state index in [9.17, 15) is 8.42 Å². The van der Waals surface area contributed by atoms with Crippen molar-refractivity contribution in [2.45, 2.75) is 32.4 Å². The predicted molar refractivity (Wildman–Crippen MR) is 43.7 cm³/mol. The second-order valence-corrected chi connectivity index (χ2v) is 4.18. The minimum atomic E-state index is -3.36. The lowest BCUT2D eigenvalue weighted by atomic mass is 10.1. The Labute approximate surface area is 67.9 Å². The third-order valence-corrected chi connectivity index (χ3v) is 2.05. The van der Waals surface area contributed by atoms with Gasteiger partial charge in [-0.25, -0.2) is 0 Å². The van der Waals surface area contributed by atoms with E-state index in [-0.39, 0.29) is 6.04 Å². The lowest BCUT2D eigenvalue weighted by Crippen LogP contribution is -2.35. The maximum absolute atomic E-state index is 10.6. The Morgan fingerprint density at radius 3 is 2.27 bits per heavy atom. The van der Waals surface area contributed by atoms with Crippen LogP contribution in [0.15, 0.2) is 0 Å². The molecule has 0 radical (unpaired) electrons. The molecule has 0 aromatic heterocycles. The molecule has 0 bridgehead atoms. The molecule has 0 spiro atoms. The van der Waals surface area contributed by atoms with Crippen molar-refractivity contribution in [2.75, 3.05) is 6.26 Å². The Morgan fingerprint density at radius 2 is 2.00 bits per heavy atom. The summed E-state index contributed by atoms with van der Waals surface area (Å²) in [6.45, 7) is 3.53. The van der Waals surface area contributed by atoms with Crippen molar-refractivity contribution >= 4 is 10.1 Å². The number of hydrogen-bond acceptors (Lipinski definition) is 4. The first-order valence-corrected chi connectivity index (χ1v) is 5.32. The fourth-order valence-electron chi connectivity index (χ4n) is 0.679. The highest BCUT2D eigenvalue weighted by Gasteiger charge is 2.15. The fraction of sp³-hybridized carbons (Fsp3) is 1.00. The van der Waals surface area contributed by atoms with Gasteiger partial charge in [-0.1, -0.05) is 6.92 Å². The Kier molecular flexibility index (Phi) is 3.99. The van der Waals surface area contributed by atoms with Gasteiger partial charge in [-0.15, -0.1) is 0 Å². The van der Waals surface area contributed by atoms with Gasteiger partial charge in [-0.2, -0.15) is 8.42 Å². The molecule has 5 heteroatoms. The lowest BCUT2D eigenvalue weighted by Gasteiger charge is -2.16. The maximum Gasteiger partial charge on any atom is 0.264 e. The van der Waals surface area contributed by atoms with Gasteiger partial charge in [0.15, 0.2) is 0 Å². The van der Waals surface area contributed by atoms with Gasteiger partial charge in [0.25, 0.3) is 10.1 Å². The number of rotatable bonds is 4. The van der Waals surface area contributed by atoms with Gasteiger partial charge in [0.05, 0.1) is 12.4 Å². The first kappa shape index (κ1) is 10.9. The minimum Gasteiger partial charge on any atom is -0.325 e. The van der Waals surface area contributed by atoms with Crippen LogP contribution < -0.4 is 5.73 Å². The monoisotopic (exact) mass is 181 g/mol. The highest BCUT2D eigenvalue weighted by molar-refractivity contribution is 7.86. The summed E-state index contributed by atoms with van der Waals surface area (Å²) in [4.78, 5) is 0. The molecule has 2 atom stereocenters. The van der Waals surface area contributed by atoms with Crippen molar-refractivity contribution in [1.82, 2.24) is 0 Å². The molecule has 0 aliphatic rings. The largest absolute Gasteiger partial charge is 0.325 e. The lowest BCUT2D eigenvalue weighted by molar-refractivity contribution is 0.196. The van der Waals surface area contributed by atoms with Crippen LogP contribution in [-0.2, 0) is 14.3 Å². The summed E-state index contributed by atoms with van der Waals surface area (Å²) in [5.74, 6) is 0. The predicted octanol–water partition coefficient (Wildman–Crippen LogP) is 0.0884. The average molecular weight is 181 g/mol. The molecular weight excluding hydrogens is 166 g/mol. The third-order valence-electron chi connectivity index (χ3n) is 1.40. The molecule has 0 aliphatic heterocycles. The van der Waals surface area contributed by atoms with E-state index in [2.05, 4.69) is 4.18 Å². The summed E-state index contributed by atoms with van der Waals surface area (Å²) in [5.41, 5.74) is 5.53. The van der Waals surface area contributed by atoms with E-state index in [0.717, 1.165) is 6.26 Å².